The van der Waals surface area contributed by atoms with Crippen LogP contribution in [0.3, 0.4) is 0 Å². The van der Waals surface area contributed by atoms with Crippen LogP contribution >= 0.6 is 11.6 Å². The summed E-state index contributed by atoms with van der Waals surface area (Å²) in [6.07, 6.45) is -0.803. The maximum atomic E-state index is 12.7. The normalized spacial score (nSPS) is 19.4. The molecule has 0 saturated carbocycles. The number of hydrogen-bond acceptors (Lipinski definition) is 5. The highest BCUT2D eigenvalue weighted by atomic mass is 35.5. The Morgan fingerprint density at radius 1 is 1.43 bits per heavy atom. The molecule has 1 aromatic rings. The van der Waals surface area contributed by atoms with Gasteiger partial charge in [-0.1, -0.05) is 11.6 Å². The highest BCUT2D eigenvalue weighted by Gasteiger charge is 2.34. The number of benzene rings is 1. The number of hydrogen-bond donors (Lipinski definition) is 0. The fourth-order valence-electron chi connectivity index (χ4n) is 2.24. The van der Waals surface area contributed by atoms with Crippen molar-refractivity contribution >= 4 is 27.5 Å². The summed E-state index contributed by atoms with van der Waals surface area (Å²) in [7, 11) is 0.893. The first-order valence-corrected chi connectivity index (χ1v) is 8.75. The third-order valence-corrected chi connectivity index (χ3v) is 5.66. The molecule has 1 amide bonds. The Kier molecular flexibility index (Phi) is 5.51. The molecule has 1 aliphatic heterocycles. The van der Waals surface area contributed by atoms with E-state index in [9.17, 15) is 13.2 Å². The SMILES string of the molecule is COc1ccc(S(=O)(=O)N2CCOC(C(=O)N(C)C)C2)cc1Cl. The van der Waals surface area contributed by atoms with Gasteiger partial charge >= 0.3 is 0 Å². The molecule has 0 spiro atoms. The van der Waals surface area contributed by atoms with Gasteiger partial charge in [-0.15, -0.1) is 0 Å². The molecule has 1 fully saturated rings. The zero-order chi connectivity index (χ0) is 17.2. The molecule has 1 heterocycles. The predicted molar refractivity (Wildman–Crippen MR) is 85.2 cm³/mol. The van der Waals surface area contributed by atoms with Crippen LogP contribution in [0.15, 0.2) is 23.1 Å². The number of halogens is 1. The van der Waals surface area contributed by atoms with E-state index in [-0.39, 0.29) is 35.5 Å². The summed E-state index contributed by atoms with van der Waals surface area (Å²) in [5, 5.41) is 0.211. The maximum Gasteiger partial charge on any atom is 0.252 e. The van der Waals surface area contributed by atoms with Crippen molar-refractivity contribution < 1.29 is 22.7 Å². The van der Waals surface area contributed by atoms with Crippen LogP contribution < -0.4 is 4.74 Å². The molecule has 7 nitrogen and oxygen atoms in total. The van der Waals surface area contributed by atoms with E-state index < -0.39 is 16.1 Å². The van der Waals surface area contributed by atoms with Gasteiger partial charge in [0, 0.05) is 27.2 Å². The lowest BCUT2D eigenvalue weighted by Gasteiger charge is -2.32. The minimum atomic E-state index is -3.76. The van der Waals surface area contributed by atoms with Gasteiger partial charge in [-0.3, -0.25) is 4.79 Å². The van der Waals surface area contributed by atoms with Gasteiger partial charge in [0.25, 0.3) is 5.91 Å². The molecule has 0 aromatic heterocycles. The lowest BCUT2D eigenvalue weighted by atomic mass is 10.3. The van der Waals surface area contributed by atoms with Crippen LogP contribution in [0.2, 0.25) is 5.02 Å². The molecule has 1 unspecified atom stereocenters. The van der Waals surface area contributed by atoms with Gasteiger partial charge in [-0.2, -0.15) is 4.31 Å². The number of rotatable bonds is 4. The number of likely N-dealkylation sites (N-methyl/N-ethyl adjacent to an activating group) is 1. The van der Waals surface area contributed by atoms with E-state index in [0.29, 0.717) is 5.75 Å². The molecule has 0 aliphatic carbocycles. The van der Waals surface area contributed by atoms with Crippen LogP contribution in [0, 0.1) is 0 Å². The minimum Gasteiger partial charge on any atom is -0.495 e. The van der Waals surface area contributed by atoms with Gasteiger partial charge in [0.15, 0.2) is 0 Å². The third kappa shape index (κ3) is 3.77. The van der Waals surface area contributed by atoms with Crippen molar-refractivity contribution in [2.45, 2.75) is 11.0 Å². The average molecular weight is 363 g/mol. The molecule has 0 N–H and O–H groups in total. The Bertz CT molecular complexity index is 692. The first-order chi connectivity index (χ1) is 10.8. The zero-order valence-corrected chi connectivity index (χ0v) is 14.7. The molecule has 0 bridgehead atoms. The molecule has 1 saturated heterocycles. The number of sulfonamides is 1. The number of carbonyl (C=O) groups is 1. The van der Waals surface area contributed by atoms with Gasteiger partial charge in [-0.25, -0.2) is 8.42 Å². The number of morpholine rings is 1. The third-order valence-electron chi connectivity index (χ3n) is 3.51. The molecule has 1 atom stereocenters. The summed E-state index contributed by atoms with van der Waals surface area (Å²) in [5.74, 6) is 0.130. The standard InChI is InChI=1S/C14H19ClN2O5S/c1-16(2)14(18)13-9-17(6-7-22-13)23(19,20)10-4-5-12(21-3)11(15)8-10/h4-5,8,13H,6-7,9H2,1-3H3. The van der Waals surface area contributed by atoms with Crippen molar-refractivity contribution in [3.63, 3.8) is 0 Å². The first kappa shape index (κ1) is 18.0. The van der Waals surface area contributed by atoms with Crippen LogP contribution in [-0.2, 0) is 19.6 Å². The zero-order valence-electron chi connectivity index (χ0n) is 13.2. The number of methoxy groups -OCH3 is 1. The Morgan fingerprint density at radius 2 is 2.13 bits per heavy atom. The Labute approximate surface area is 140 Å². The number of carbonyl (C=O) groups excluding carboxylic acids is 1. The van der Waals surface area contributed by atoms with E-state index >= 15 is 0 Å². The lowest BCUT2D eigenvalue weighted by Crippen LogP contribution is -2.51. The Balaban J connectivity index is 2.25. The van der Waals surface area contributed by atoms with Gasteiger partial charge < -0.3 is 14.4 Å². The number of ether oxygens (including phenoxy) is 2. The number of nitrogens with zero attached hydrogens (tertiary/aromatic N) is 2. The van der Waals surface area contributed by atoms with Gasteiger partial charge in [0.05, 0.1) is 23.6 Å². The molecule has 23 heavy (non-hydrogen) atoms. The minimum absolute atomic E-state index is 0.0248. The second-order valence-electron chi connectivity index (χ2n) is 5.25. The molecular weight excluding hydrogens is 344 g/mol. The van der Waals surface area contributed by atoms with E-state index in [2.05, 4.69) is 0 Å². The Hall–Kier alpha value is -1.35. The maximum absolute atomic E-state index is 12.7. The van der Waals surface area contributed by atoms with Gasteiger partial charge in [-0.05, 0) is 18.2 Å². The van der Waals surface area contributed by atoms with E-state index in [1.54, 1.807) is 14.1 Å². The summed E-state index contributed by atoms with van der Waals surface area (Å²) in [6.45, 7) is 0.319. The fourth-order valence-corrected chi connectivity index (χ4v) is 4.01. The molecule has 2 rings (SSSR count). The smallest absolute Gasteiger partial charge is 0.252 e. The summed E-state index contributed by atoms with van der Waals surface area (Å²) < 4.78 is 37.1. The average Bonchev–Trinajstić information content (AvgIpc) is 2.54. The molecule has 1 aliphatic rings. The summed E-state index contributed by atoms with van der Waals surface area (Å²) in [4.78, 5) is 13.4. The van der Waals surface area contributed by atoms with Crippen LogP contribution in [-0.4, -0.2) is 70.5 Å². The molecule has 128 valence electrons. The van der Waals surface area contributed by atoms with Gasteiger partial charge in [0.1, 0.15) is 11.9 Å². The van der Waals surface area contributed by atoms with E-state index in [4.69, 9.17) is 21.1 Å². The quantitative estimate of drug-likeness (QED) is 0.792. The largest absolute Gasteiger partial charge is 0.495 e. The monoisotopic (exact) mass is 362 g/mol. The fraction of sp³-hybridized carbons (Fsp3) is 0.500. The van der Waals surface area contributed by atoms with Gasteiger partial charge in [0.2, 0.25) is 10.0 Å². The van der Waals surface area contributed by atoms with Crippen LogP contribution in [0.25, 0.3) is 0 Å². The summed E-state index contributed by atoms with van der Waals surface area (Å²) in [5.41, 5.74) is 0. The second kappa shape index (κ2) is 7.04. The van der Waals surface area contributed by atoms with Crippen molar-refractivity contribution in [2.24, 2.45) is 0 Å². The van der Waals surface area contributed by atoms with Crippen molar-refractivity contribution in [3.8, 4) is 5.75 Å². The van der Waals surface area contributed by atoms with Crippen molar-refractivity contribution in [2.75, 3.05) is 40.9 Å². The van der Waals surface area contributed by atoms with Crippen molar-refractivity contribution in [1.82, 2.24) is 9.21 Å². The lowest BCUT2D eigenvalue weighted by molar-refractivity contribution is -0.144. The summed E-state index contributed by atoms with van der Waals surface area (Å²) in [6, 6.07) is 4.27. The van der Waals surface area contributed by atoms with E-state index in [1.807, 2.05) is 0 Å². The first-order valence-electron chi connectivity index (χ1n) is 6.94. The Morgan fingerprint density at radius 3 is 2.70 bits per heavy atom. The van der Waals surface area contributed by atoms with Crippen LogP contribution in [0.4, 0.5) is 0 Å². The topological polar surface area (TPSA) is 76.1 Å². The van der Waals surface area contributed by atoms with Crippen LogP contribution in [0.5, 0.6) is 5.75 Å². The highest BCUT2D eigenvalue weighted by molar-refractivity contribution is 7.89. The second-order valence-corrected chi connectivity index (χ2v) is 7.60. The highest BCUT2D eigenvalue weighted by Crippen LogP contribution is 2.29. The molecule has 9 heteroatoms. The summed E-state index contributed by atoms with van der Waals surface area (Å²) >= 11 is 6.00. The predicted octanol–water partition coefficient (Wildman–Crippen LogP) is 0.826. The van der Waals surface area contributed by atoms with Crippen molar-refractivity contribution in [1.29, 1.82) is 0 Å². The number of amides is 1. The molecular formula is C14H19ClN2O5S. The molecule has 1 aromatic carbocycles. The van der Waals surface area contributed by atoms with E-state index in [1.165, 1.54) is 34.5 Å². The molecule has 0 radical (unpaired) electrons. The van der Waals surface area contributed by atoms with Crippen LogP contribution in [0.1, 0.15) is 0 Å². The van der Waals surface area contributed by atoms with E-state index in [0.717, 1.165) is 0 Å². The van der Waals surface area contributed by atoms with Crippen molar-refractivity contribution in [3.05, 3.63) is 23.2 Å².